The zero-order valence-electron chi connectivity index (χ0n) is 16.1. The largest absolute Gasteiger partial charge is 0.372 e. The first-order valence-corrected chi connectivity index (χ1v) is 9.59. The van der Waals surface area contributed by atoms with E-state index in [1.54, 1.807) is 0 Å². The van der Waals surface area contributed by atoms with Crippen molar-refractivity contribution in [1.82, 2.24) is 9.78 Å². The van der Waals surface area contributed by atoms with Crippen molar-refractivity contribution in [3.63, 3.8) is 0 Å². The molecule has 3 heteroatoms. The maximum atomic E-state index is 6.08. The molecule has 0 amide bonds. The molecule has 3 nitrogen and oxygen atoms in total. The number of hydrogen-bond acceptors (Lipinski definition) is 2. The molecule has 1 aromatic heterocycles. The lowest BCUT2D eigenvalue weighted by molar-refractivity contribution is 0.107. The van der Waals surface area contributed by atoms with E-state index in [9.17, 15) is 0 Å². The number of ether oxygens (including phenoxy) is 1. The molecule has 0 N–H and O–H groups in total. The minimum Gasteiger partial charge on any atom is -0.372 e. The molecule has 140 valence electrons. The highest BCUT2D eigenvalue weighted by atomic mass is 16.5. The molecular formula is C25H24N2O. The molecule has 0 atom stereocenters. The molecule has 0 fully saturated rings. The Balaban J connectivity index is 1.47. The minimum absolute atomic E-state index is 0.583. The zero-order valence-corrected chi connectivity index (χ0v) is 16.1. The summed E-state index contributed by atoms with van der Waals surface area (Å²) in [5.41, 5.74) is 4.81. The number of benzene rings is 3. The Morgan fingerprint density at radius 3 is 2.57 bits per heavy atom. The SMILES string of the molecule is C/C=C/c1ccc(Cn2cccn2)cc1COCc1ccc2ccccc2c1. The molecule has 1 heterocycles. The maximum absolute atomic E-state index is 6.08. The summed E-state index contributed by atoms with van der Waals surface area (Å²) >= 11 is 0. The van der Waals surface area contributed by atoms with Crippen LogP contribution in [0.3, 0.4) is 0 Å². The molecule has 0 saturated carbocycles. The molecule has 0 aliphatic rings. The van der Waals surface area contributed by atoms with Crippen LogP contribution < -0.4 is 0 Å². The van der Waals surface area contributed by atoms with Crippen molar-refractivity contribution in [1.29, 1.82) is 0 Å². The summed E-state index contributed by atoms with van der Waals surface area (Å²) in [6.45, 7) is 3.99. The fourth-order valence-electron chi connectivity index (χ4n) is 3.41. The summed E-state index contributed by atoms with van der Waals surface area (Å²) in [4.78, 5) is 0. The van der Waals surface area contributed by atoms with Gasteiger partial charge in [-0.1, -0.05) is 66.7 Å². The Morgan fingerprint density at radius 2 is 1.75 bits per heavy atom. The molecule has 28 heavy (non-hydrogen) atoms. The van der Waals surface area contributed by atoms with E-state index in [1.165, 1.54) is 33.0 Å². The summed E-state index contributed by atoms with van der Waals surface area (Å²) in [7, 11) is 0. The molecular weight excluding hydrogens is 344 g/mol. The Bertz CT molecular complexity index is 1080. The monoisotopic (exact) mass is 368 g/mol. The highest BCUT2D eigenvalue weighted by molar-refractivity contribution is 5.82. The van der Waals surface area contributed by atoms with Gasteiger partial charge >= 0.3 is 0 Å². The van der Waals surface area contributed by atoms with Crippen LogP contribution in [-0.4, -0.2) is 9.78 Å². The molecule has 4 rings (SSSR count). The van der Waals surface area contributed by atoms with Gasteiger partial charge in [0.05, 0.1) is 19.8 Å². The van der Waals surface area contributed by atoms with Crippen molar-refractivity contribution in [2.75, 3.05) is 0 Å². The van der Waals surface area contributed by atoms with Gasteiger partial charge in [0.1, 0.15) is 0 Å². The molecule has 3 aromatic carbocycles. The van der Waals surface area contributed by atoms with E-state index in [0.29, 0.717) is 13.2 Å². The van der Waals surface area contributed by atoms with Crippen LogP contribution in [0.15, 0.2) is 85.2 Å². The van der Waals surface area contributed by atoms with Crippen molar-refractivity contribution in [2.45, 2.75) is 26.7 Å². The van der Waals surface area contributed by atoms with Crippen LogP contribution in [-0.2, 0) is 24.5 Å². The van der Waals surface area contributed by atoms with E-state index in [-0.39, 0.29) is 0 Å². The van der Waals surface area contributed by atoms with Crippen molar-refractivity contribution >= 4 is 16.8 Å². The average Bonchev–Trinajstić information content (AvgIpc) is 3.23. The van der Waals surface area contributed by atoms with Gasteiger partial charge in [-0.15, -0.1) is 0 Å². The fraction of sp³-hybridized carbons (Fsp3) is 0.160. The summed E-state index contributed by atoms with van der Waals surface area (Å²) in [5.74, 6) is 0. The quantitative estimate of drug-likeness (QED) is 0.410. The van der Waals surface area contributed by atoms with Gasteiger partial charge in [-0.05, 0) is 52.1 Å². The van der Waals surface area contributed by atoms with Crippen molar-refractivity contribution in [3.05, 3.63) is 107 Å². The smallest absolute Gasteiger partial charge is 0.0727 e. The first kappa shape index (κ1) is 18.2. The third-order valence-electron chi connectivity index (χ3n) is 4.80. The molecule has 0 aliphatic heterocycles. The first-order chi connectivity index (χ1) is 13.8. The Labute approximate surface area is 165 Å². The van der Waals surface area contributed by atoms with Gasteiger partial charge in [0.25, 0.3) is 0 Å². The van der Waals surface area contributed by atoms with E-state index in [0.717, 1.165) is 6.54 Å². The summed E-state index contributed by atoms with van der Waals surface area (Å²) in [6.07, 6.45) is 7.99. The van der Waals surface area contributed by atoms with E-state index < -0.39 is 0 Å². The third kappa shape index (κ3) is 4.38. The van der Waals surface area contributed by atoms with Gasteiger partial charge in [0.15, 0.2) is 0 Å². The lowest BCUT2D eigenvalue weighted by Crippen LogP contribution is -2.02. The van der Waals surface area contributed by atoms with Crippen LogP contribution in [0.1, 0.15) is 29.2 Å². The van der Waals surface area contributed by atoms with Crippen LogP contribution in [0, 0.1) is 0 Å². The lowest BCUT2D eigenvalue weighted by atomic mass is 10.0. The number of rotatable bonds is 7. The van der Waals surface area contributed by atoms with Gasteiger partial charge in [-0.25, -0.2) is 0 Å². The average molecular weight is 368 g/mol. The summed E-state index contributed by atoms with van der Waals surface area (Å²) in [5, 5.41) is 6.80. The third-order valence-corrected chi connectivity index (χ3v) is 4.80. The number of aromatic nitrogens is 2. The van der Waals surface area contributed by atoms with Crippen molar-refractivity contribution < 1.29 is 4.74 Å². The second-order valence-corrected chi connectivity index (χ2v) is 6.91. The van der Waals surface area contributed by atoms with Gasteiger partial charge in [-0.2, -0.15) is 5.10 Å². The van der Waals surface area contributed by atoms with E-state index >= 15 is 0 Å². The predicted octanol–water partition coefficient (Wildman–Crippen LogP) is 5.83. The van der Waals surface area contributed by atoms with Crippen LogP contribution in [0.25, 0.3) is 16.8 Å². The highest BCUT2D eigenvalue weighted by Gasteiger charge is 2.05. The summed E-state index contributed by atoms with van der Waals surface area (Å²) < 4.78 is 8.01. The van der Waals surface area contributed by atoms with E-state index in [4.69, 9.17) is 4.74 Å². The molecule has 0 spiro atoms. The highest BCUT2D eigenvalue weighted by Crippen LogP contribution is 2.19. The number of nitrogens with zero attached hydrogens (tertiary/aromatic N) is 2. The van der Waals surface area contributed by atoms with Crippen molar-refractivity contribution in [2.24, 2.45) is 0 Å². The van der Waals surface area contributed by atoms with E-state index in [1.807, 2.05) is 30.1 Å². The lowest BCUT2D eigenvalue weighted by Gasteiger charge is -2.11. The van der Waals surface area contributed by atoms with Crippen LogP contribution in [0.4, 0.5) is 0 Å². The maximum Gasteiger partial charge on any atom is 0.0727 e. The topological polar surface area (TPSA) is 27.1 Å². The molecule has 0 saturated heterocycles. The number of fused-ring (bicyclic) bond motifs is 1. The number of hydrogen-bond donors (Lipinski definition) is 0. The Hall–Kier alpha value is -3.17. The Morgan fingerprint density at radius 1 is 0.893 bits per heavy atom. The van der Waals surface area contributed by atoms with Gasteiger partial charge in [0.2, 0.25) is 0 Å². The normalized spacial score (nSPS) is 11.5. The van der Waals surface area contributed by atoms with Crippen LogP contribution in [0.2, 0.25) is 0 Å². The van der Waals surface area contributed by atoms with Crippen LogP contribution >= 0.6 is 0 Å². The molecule has 4 aromatic rings. The zero-order chi connectivity index (χ0) is 19.2. The second-order valence-electron chi connectivity index (χ2n) is 6.91. The standard InChI is InChI=1S/C25H24N2O/c1-2-6-22-11-9-20(17-27-14-5-13-26-27)15-25(22)19-28-18-21-10-12-23-7-3-4-8-24(23)16-21/h2-16H,17-19H2,1H3/b6-2+. The van der Waals surface area contributed by atoms with Crippen molar-refractivity contribution in [3.8, 4) is 0 Å². The minimum atomic E-state index is 0.583. The second kappa shape index (κ2) is 8.68. The Kier molecular flexibility index (Phi) is 5.64. The molecule has 0 bridgehead atoms. The fourth-order valence-corrected chi connectivity index (χ4v) is 3.41. The van der Waals surface area contributed by atoms with E-state index in [2.05, 4.69) is 77.9 Å². The molecule has 0 aliphatic carbocycles. The van der Waals surface area contributed by atoms with Gasteiger partial charge in [-0.3, -0.25) is 4.68 Å². The van der Waals surface area contributed by atoms with Crippen LogP contribution in [0.5, 0.6) is 0 Å². The molecule has 0 unspecified atom stereocenters. The molecule has 0 radical (unpaired) electrons. The van der Waals surface area contributed by atoms with Gasteiger partial charge in [0, 0.05) is 12.4 Å². The number of allylic oxidation sites excluding steroid dienone is 1. The van der Waals surface area contributed by atoms with Gasteiger partial charge < -0.3 is 4.74 Å². The summed E-state index contributed by atoms with van der Waals surface area (Å²) in [6, 6.07) is 23.4. The first-order valence-electron chi connectivity index (χ1n) is 9.59. The predicted molar refractivity (Wildman–Crippen MR) is 115 cm³/mol.